The highest BCUT2D eigenvalue weighted by atomic mass is 32.1. The molecule has 1 fully saturated rings. The van der Waals surface area contributed by atoms with Gasteiger partial charge in [0.05, 0.1) is 0 Å². The van der Waals surface area contributed by atoms with E-state index in [0.29, 0.717) is 0 Å². The molecule has 1 aromatic rings. The van der Waals surface area contributed by atoms with Crippen LogP contribution in [-0.4, -0.2) is 23.0 Å². The van der Waals surface area contributed by atoms with Gasteiger partial charge < -0.3 is 0 Å². The van der Waals surface area contributed by atoms with Crippen LogP contribution in [0.4, 0.5) is 5.13 Å². The Bertz CT molecular complexity index is 304. The van der Waals surface area contributed by atoms with Crippen LogP contribution < -0.4 is 11.3 Å². The second-order valence-corrected chi connectivity index (χ2v) is 5.35. The maximum absolute atomic E-state index is 5.30. The molecule has 5 heteroatoms. The summed E-state index contributed by atoms with van der Waals surface area (Å²) >= 11 is 1.64. The molecule has 0 amide bonds. The molecule has 0 bridgehead atoms. The summed E-state index contributed by atoms with van der Waals surface area (Å²) in [7, 11) is 0. The van der Waals surface area contributed by atoms with Crippen LogP contribution in [0.5, 0.6) is 0 Å². The normalized spacial score (nSPS) is 19.3. The molecule has 1 aliphatic heterocycles. The number of hydrogen-bond donors (Lipinski definition) is 2. The minimum atomic E-state index is 0.801. The van der Waals surface area contributed by atoms with E-state index in [4.69, 9.17) is 5.84 Å². The van der Waals surface area contributed by atoms with Gasteiger partial charge in [-0.05, 0) is 31.8 Å². The van der Waals surface area contributed by atoms with Crippen molar-refractivity contribution in [1.82, 2.24) is 9.88 Å². The van der Waals surface area contributed by atoms with E-state index in [0.717, 1.165) is 17.6 Å². The van der Waals surface area contributed by atoms with Gasteiger partial charge in [-0.25, -0.2) is 10.8 Å². The van der Waals surface area contributed by atoms with Crippen molar-refractivity contribution in [2.75, 3.05) is 18.5 Å². The quantitative estimate of drug-likeness (QED) is 0.608. The molecule has 0 spiro atoms. The lowest BCUT2D eigenvalue weighted by Crippen LogP contribution is -2.32. The van der Waals surface area contributed by atoms with Gasteiger partial charge in [-0.15, -0.1) is 0 Å². The van der Waals surface area contributed by atoms with Crippen molar-refractivity contribution >= 4 is 16.5 Å². The van der Waals surface area contributed by atoms with E-state index < -0.39 is 0 Å². The number of nitrogen functional groups attached to an aromatic ring is 1. The molecule has 0 saturated carbocycles. The third kappa shape index (κ3) is 2.90. The van der Waals surface area contributed by atoms with Crippen molar-refractivity contribution in [3.63, 3.8) is 0 Å². The van der Waals surface area contributed by atoms with E-state index in [9.17, 15) is 0 Å². The Hall–Kier alpha value is -0.650. The summed E-state index contributed by atoms with van der Waals surface area (Å²) in [5.41, 5.74) is 2.58. The lowest BCUT2D eigenvalue weighted by molar-refractivity contribution is 0.186. The summed E-state index contributed by atoms with van der Waals surface area (Å²) in [5, 5.41) is 0.801. The molecule has 0 aliphatic carbocycles. The average molecular weight is 226 g/mol. The number of aromatic nitrogens is 1. The SMILES string of the molecule is CC1CCN(Cc2cnc(NN)s2)CC1. The zero-order chi connectivity index (χ0) is 10.7. The molecule has 0 unspecified atom stereocenters. The van der Waals surface area contributed by atoms with Crippen LogP contribution in [0.15, 0.2) is 6.20 Å². The molecule has 0 aromatic carbocycles. The van der Waals surface area contributed by atoms with E-state index in [1.165, 1.54) is 30.8 Å². The van der Waals surface area contributed by atoms with E-state index in [2.05, 4.69) is 22.2 Å². The number of thiazole rings is 1. The number of piperidine rings is 1. The number of likely N-dealkylation sites (tertiary alicyclic amines) is 1. The van der Waals surface area contributed by atoms with Gasteiger partial charge in [0.15, 0.2) is 5.13 Å². The fraction of sp³-hybridized carbons (Fsp3) is 0.700. The predicted molar refractivity (Wildman–Crippen MR) is 63.6 cm³/mol. The minimum absolute atomic E-state index is 0.801. The van der Waals surface area contributed by atoms with Crippen molar-refractivity contribution in [1.29, 1.82) is 0 Å². The van der Waals surface area contributed by atoms with E-state index in [1.54, 1.807) is 11.3 Å². The van der Waals surface area contributed by atoms with Crippen LogP contribution in [0.3, 0.4) is 0 Å². The molecular formula is C10H18N4S. The highest BCUT2D eigenvalue weighted by Gasteiger charge is 2.16. The van der Waals surface area contributed by atoms with Gasteiger partial charge in [0, 0.05) is 17.6 Å². The van der Waals surface area contributed by atoms with E-state index in [-0.39, 0.29) is 0 Å². The van der Waals surface area contributed by atoms with Crippen LogP contribution >= 0.6 is 11.3 Å². The number of hydrogen-bond acceptors (Lipinski definition) is 5. The van der Waals surface area contributed by atoms with Crippen LogP contribution in [0, 0.1) is 5.92 Å². The first-order valence-electron chi connectivity index (χ1n) is 5.41. The van der Waals surface area contributed by atoms with Crippen molar-refractivity contribution in [3.05, 3.63) is 11.1 Å². The first-order chi connectivity index (χ1) is 7.28. The fourth-order valence-electron chi connectivity index (χ4n) is 1.89. The second kappa shape index (κ2) is 4.92. The number of rotatable bonds is 3. The molecular weight excluding hydrogens is 208 g/mol. The Kier molecular flexibility index (Phi) is 3.56. The summed E-state index contributed by atoms with van der Waals surface area (Å²) in [6.07, 6.45) is 4.56. The summed E-state index contributed by atoms with van der Waals surface area (Å²) < 4.78 is 0. The molecule has 0 atom stereocenters. The zero-order valence-corrected chi connectivity index (χ0v) is 9.89. The van der Waals surface area contributed by atoms with Crippen LogP contribution in [-0.2, 0) is 6.54 Å². The van der Waals surface area contributed by atoms with Gasteiger partial charge in [0.1, 0.15) is 0 Å². The van der Waals surface area contributed by atoms with Crippen molar-refractivity contribution in [3.8, 4) is 0 Å². The van der Waals surface area contributed by atoms with Crippen molar-refractivity contribution in [2.24, 2.45) is 11.8 Å². The van der Waals surface area contributed by atoms with Crippen LogP contribution in [0.25, 0.3) is 0 Å². The third-order valence-corrected chi connectivity index (χ3v) is 3.85. The van der Waals surface area contributed by atoms with Gasteiger partial charge in [0.25, 0.3) is 0 Å². The summed E-state index contributed by atoms with van der Waals surface area (Å²) in [6.45, 7) is 5.78. The molecule has 1 aliphatic rings. The van der Waals surface area contributed by atoms with E-state index in [1.807, 2.05) is 6.20 Å². The number of anilines is 1. The highest BCUT2D eigenvalue weighted by Crippen LogP contribution is 2.22. The van der Waals surface area contributed by atoms with Crippen LogP contribution in [0.2, 0.25) is 0 Å². The fourth-order valence-corrected chi connectivity index (χ4v) is 2.65. The predicted octanol–water partition coefficient (Wildman–Crippen LogP) is 1.66. The number of hydrazine groups is 1. The summed E-state index contributed by atoms with van der Waals surface area (Å²) in [6, 6.07) is 0. The molecule has 0 radical (unpaired) electrons. The monoisotopic (exact) mass is 226 g/mol. The molecule has 3 N–H and O–H groups in total. The zero-order valence-electron chi connectivity index (χ0n) is 9.07. The third-order valence-electron chi connectivity index (χ3n) is 2.93. The summed E-state index contributed by atoms with van der Waals surface area (Å²) in [5.74, 6) is 6.19. The topological polar surface area (TPSA) is 54.2 Å². The maximum atomic E-state index is 5.30. The molecule has 4 nitrogen and oxygen atoms in total. The highest BCUT2D eigenvalue weighted by molar-refractivity contribution is 7.15. The van der Waals surface area contributed by atoms with E-state index >= 15 is 0 Å². The maximum Gasteiger partial charge on any atom is 0.197 e. The second-order valence-electron chi connectivity index (χ2n) is 4.23. The summed E-state index contributed by atoms with van der Waals surface area (Å²) in [4.78, 5) is 7.95. The number of nitrogens with two attached hydrogens (primary N) is 1. The van der Waals surface area contributed by atoms with Crippen LogP contribution in [0.1, 0.15) is 24.6 Å². The van der Waals surface area contributed by atoms with Gasteiger partial charge in [-0.2, -0.15) is 0 Å². The lowest BCUT2D eigenvalue weighted by Gasteiger charge is -2.29. The Morgan fingerprint density at radius 1 is 1.60 bits per heavy atom. The Morgan fingerprint density at radius 3 is 2.93 bits per heavy atom. The molecule has 2 heterocycles. The lowest BCUT2D eigenvalue weighted by atomic mass is 9.99. The molecule has 15 heavy (non-hydrogen) atoms. The van der Waals surface area contributed by atoms with Gasteiger partial charge >= 0.3 is 0 Å². The van der Waals surface area contributed by atoms with Crippen molar-refractivity contribution in [2.45, 2.75) is 26.3 Å². The largest absolute Gasteiger partial charge is 0.300 e. The molecule has 1 aromatic heterocycles. The van der Waals surface area contributed by atoms with Gasteiger partial charge in [-0.1, -0.05) is 18.3 Å². The smallest absolute Gasteiger partial charge is 0.197 e. The minimum Gasteiger partial charge on any atom is -0.300 e. The molecule has 1 saturated heterocycles. The number of nitrogens with one attached hydrogen (secondary N) is 1. The number of nitrogens with zero attached hydrogens (tertiary/aromatic N) is 2. The van der Waals surface area contributed by atoms with Crippen molar-refractivity contribution < 1.29 is 0 Å². The Balaban J connectivity index is 1.86. The average Bonchev–Trinajstić information content (AvgIpc) is 2.69. The van der Waals surface area contributed by atoms with Gasteiger partial charge in [0.2, 0.25) is 0 Å². The Labute approximate surface area is 94.5 Å². The van der Waals surface area contributed by atoms with Gasteiger partial charge in [-0.3, -0.25) is 10.3 Å². The first-order valence-corrected chi connectivity index (χ1v) is 6.23. The first kappa shape index (κ1) is 10.9. The Morgan fingerprint density at radius 2 is 2.33 bits per heavy atom. The standard InChI is InChI=1S/C10H18N4S/c1-8-2-4-14(5-3-8)7-9-6-12-10(13-11)15-9/h6,8H,2-5,7,11H2,1H3,(H,12,13). The molecule has 84 valence electrons. The molecule has 2 rings (SSSR count).